The number of hydrogen-bond acceptors (Lipinski definition) is 11. The van der Waals surface area contributed by atoms with Gasteiger partial charge in [0, 0.05) is 84.9 Å². The average Bonchev–Trinajstić information content (AvgIpc) is 3.62. The van der Waals surface area contributed by atoms with Gasteiger partial charge in [-0.05, 0) is 115 Å². The SMILES string of the molecule is CNC(=O)COc1cc2cc(Nc3cc(N4CCC(CN5CCC6(CC5)CN(c5ccc7c(c5F)CN(C5CCC(=O)NC5=O)C7=O)C6(C)C)CC4)ncc3Cl)ccc2n(C(C)C)c1=O. The first kappa shape index (κ1) is 44.5. The summed E-state index contributed by atoms with van der Waals surface area (Å²) in [5.41, 5.74) is 2.82. The third kappa shape index (κ3) is 8.06. The second-order valence-corrected chi connectivity index (χ2v) is 19.5. The summed E-state index contributed by atoms with van der Waals surface area (Å²) in [5.74, 6) is -0.438. The van der Waals surface area contributed by atoms with Gasteiger partial charge in [0.15, 0.2) is 18.2 Å². The van der Waals surface area contributed by atoms with Gasteiger partial charge in [0.25, 0.3) is 17.4 Å². The van der Waals surface area contributed by atoms with Crippen molar-refractivity contribution < 1.29 is 28.3 Å². The van der Waals surface area contributed by atoms with Crippen LogP contribution in [0.4, 0.5) is 27.3 Å². The number of likely N-dealkylation sites (tertiary alicyclic amines) is 1. The molecule has 2 aromatic carbocycles. The number of nitrogens with one attached hydrogen (secondary N) is 3. The van der Waals surface area contributed by atoms with Crippen LogP contribution >= 0.6 is 11.6 Å². The Morgan fingerprint density at radius 2 is 1.77 bits per heavy atom. The molecule has 4 fully saturated rings. The highest BCUT2D eigenvalue weighted by Gasteiger charge is 2.60. The maximum Gasteiger partial charge on any atom is 0.293 e. The Hall–Kier alpha value is -5.74. The molecular weight excluding hydrogens is 853 g/mol. The maximum atomic E-state index is 16.3. The number of piperidine rings is 3. The summed E-state index contributed by atoms with van der Waals surface area (Å²) in [5, 5.41) is 9.55. The lowest BCUT2D eigenvalue weighted by molar-refractivity contribution is -0.137. The number of pyridine rings is 2. The number of carbonyl (C=O) groups is 4. The summed E-state index contributed by atoms with van der Waals surface area (Å²) < 4.78 is 23.6. The fraction of sp³-hybridized carbons (Fsp3) is 0.500. The van der Waals surface area contributed by atoms with E-state index in [2.05, 4.69) is 44.5 Å². The van der Waals surface area contributed by atoms with Crippen molar-refractivity contribution in [1.82, 2.24) is 30.0 Å². The lowest BCUT2D eigenvalue weighted by Crippen LogP contribution is -2.74. The minimum absolute atomic E-state index is 0.0151. The van der Waals surface area contributed by atoms with E-state index in [1.165, 1.54) is 11.9 Å². The van der Waals surface area contributed by atoms with Gasteiger partial charge in [0.05, 0.1) is 34.7 Å². The van der Waals surface area contributed by atoms with Gasteiger partial charge in [-0.15, -0.1) is 0 Å². The summed E-state index contributed by atoms with van der Waals surface area (Å²) in [6.45, 7) is 13.5. The molecule has 4 aromatic rings. The Balaban J connectivity index is 0.789. The smallest absolute Gasteiger partial charge is 0.293 e. The molecule has 0 aliphatic carbocycles. The normalized spacial score (nSPS) is 20.9. The van der Waals surface area contributed by atoms with Crippen LogP contribution in [-0.4, -0.2) is 107 Å². The van der Waals surface area contributed by atoms with E-state index < -0.39 is 17.8 Å². The number of aromatic nitrogens is 2. The predicted molar refractivity (Wildman–Crippen MR) is 248 cm³/mol. The summed E-state index contributed by atoms with van der Waals surface area (Å²) in [6, 6.07) is 11.9. The molecule has 1 spiro atoms. The molecule has 5 aliphatic heterocycles. The van der Waals surface area contributed by atoms with Gasteiger partial charge in [-0.25, -0.2) is 9.37 Å². The summed E-state index contributed by atoms with van der Waals surface area (Å²) in [7, 11) is 1.52. The second-order valence-electron chi connectivity index (χ2n) is 19.1. The molecule has 5 aliphatic rings. The predicted octanol–water partition coefficient (Wildman–Crippen LogP) is 6.00. The fourth-order valence-corrected chi connectivity index (χ4v) is 11.0. The first-order chi connectivity index (χ1) is 31.1. The van der Waals surface area contributed by atoms with Gasteiger partial charge < -0.3 is 39.5 Å². The fourth-order valence-electron chi connectivity index (χ4n) is 10.8. The Labute approximate surface area is 382 Å². The zero-order valence-corrected chi connectivity index (χ0v) is 38.4. The molecule has 9 rings (SSSR count). The van der Waals surface area contributed by atoms with E-state index in [9.17, 15) is 24.0 Å². The number of imide groups is 1. The number of benzene rings is 2. The lowest BCUT2D eigenvalue weighted by atomic mass is 9.57. The van der Waals surface area contributed by atoms with E-state index in [1.807, 2.05) is 38.1 Å². The third-order valence-corrected chi connectivity index (χ3v) is 15.2. The summed E-state index contributed by atoms with van der Waals surface area (Å²) in [6.07, 6.45) is 6.20. The van der Waals surface area contributed by atoms with Crippen molar-refractivity contribution in [2.75, 3.05) is 68.0 Å². The number of nitrogens with zero attached hydrogens (tertiary/aromatic N) is 6. The van der Waals surface area contributed by atoms with Gasteiger partial charge in [-0.2, -0.15) is 0 Å². The number of hydrogen-bond donors (Lipinski definition) is 3. The number of amides is 4. The highest BCUT2D eigenvalue weighted by atomic mass is 35.5. The second kappa shape index (κ2) is 17.2. The first-order valence-corrected chi connectivity index (χ1v) is 23.1. The minimum Gasteiger partial charge on any atom is -0.478 e. The number of fused-ring (bicyclic) bond motifs is 2. The zero-order chi connectivity index (χ0) is 45.9. The van der Waals surface area contributed by atoms with E-state index in [4.69, 9.17) is 21.3 Å². The third-order valence-electron chi connectivity index (χ3n) is 14.9. The highest BCUT2D eigenvalue weighted by molar-refractivity contribution is 6.33. The molecule has 3 N–H and O–H groups in total. The van der Waals surface area contributed by atoms with Crippen LogP contribution in [0.1, 0.15) is 88.2 Å². The molecule has 0 bridgehead atoms. The largest absolute Gasteiger partial charge is 0.478 e. The number of halogens is 2. The highest BCUT2D eigenvalue weighted by Crippen LogP contribution is 2.56. The molecule has 0 radical (unpaired) electrons. The lowest BCUT2D eigenvalue weighted by Gasteiger charge is -2.67. The van der Waals surface area contributed by atoms with E-state index in [-0.39, 0.29) is 77.6 Å². The van der Waals surface area contributed by atoms with Crippen LogP contribution in [-0.2, 0) is 20.9 Å². The molecule has 65 heavy (non-hydrogen) atoms. The average molecular weight is 910 g/mol. The molecule has 344 valence electrons. The van der Waals surface area contributed by atoms with Crippen molar-refractivity contribution in [3.63, 3.8) is 0 Å². The van der Waals surface area contributed by atoms with Crippen LogP contribution in [0, 0.1) is 17.2 Å². The summed E-state index contributed by atoms with van der Waals surface area (Å²) >= 11 is 6.69. The van der Waals surface area contributed by atoms with Crippen molar-refractivity contribution >= 4 is 69.0 Å². The van der Waals surface area contributed by atoms with Gasteiger partial charge in [0.2, 0.25) is 11.8 Å². The minimum atomic E-state index is -0.784. The van der Waals surface area contributed by atoms with Crippen LogP contribution in [0.25, 0.3) is 10.9 Å². The van der Waals surface area contributed by atoms with Crippen molar-refractivity contribution in [1.29, 1.82) is 0 Å². The number of rotatable bonds is 11. The van der Waals surface area contributed by atoms with Crippen molar-refractivity contribution in [2.45, 2.75) is 90.4 Å². The van der Waals surface area contributed by atoms with E-state index >= 15 is 4.39 Å². The molecule has 2 aromatic heterocycles. The van der Waals surface area contributed by atoms with E-state index in [1.54, 1.807) is 29.0 Å². The molecular formula is C48H57ClFN9O6. The van der Waals surface area contributed by atoms with Gasteiger partial charge >= 0.3 is 0 Å². The van der Waals surface area contributed by atoms with Crippen molar-refractivity contribution in [2.24, 2.45) is 11.3 Å². The number of carbonyl (C=O) groups excluding carboxylic acids is 4. The number of likely N-dealkylation sites (N-methyl/N-ethyl adjacent to an activating group) is 1. The monoisotopic (exact) mass is 909 g/mol. The molecule has 17 heteroatoms. The number of anilines is 4. The molecule has 4 saturated heterocycles. The molecule has 1 unspecified atom stereocenters. The van der Waals surface area contributed by atoms with E-state index in [0.29, 0.717) is 22.2 Å². The van der Waals surface area contributed by atoms with E-state index in [0.717, 1.165) is 93.0 Å². The summed E-state index contributed by atoms with van der Waals surface area (Å²) in [4.78, 5) is 75.9. The molecule has 15 nitrogen and oxygen atoms in total. The zero-order valence-electron chi connectivity index (χ0n) is 37.6. The molecule has 0 saturated carbocycles. The van der Waals surface area contributed by atoms with Crippen molar-refractivity contribution in [3.05, 3.63) is 81.0 Å². The quantitative estimate of drug-likeness (QED) is 0.152. The topological polar surface area (TPSA) is 161 Å². The Morgan fingerprint density at radius 3 is 2.46 bits per heavy atom. The van der Waals surface area contributed by atoms with Crippen LogP contribution < -0.4 is 36.0 Å². The molecule has 1 atom stereocenters. The van der Waals surface area contributed by atoms with Gasteiger partial charge in [-0.3, -0.25) is 29.3 Å². The molecule has 7 heterocycles. The molecule has 4 amide bonds. The maximum absolute atomic E-state index is 16.3. The first-order valence-electron chi connectivity index (χ1n) is 22.7. The van der Waals surface area contributed by atoms with Crippen LogP contribution in [0.15, 0.2) is 53.5 Å². The van der Waals surface area contributed by atoms with Crippen LogP contribution in [0.2, 0.25) is 5.02 Å². The Morgan fingerprint density at radius 1 is 1.02 bits per heavy atom. The van der Waals surface area contributed by atoms with Gasteiger partial charge in [-0.1, -0.05) is 11.6 Å². The Bertz CT molecular complexity index is 2640. The van der Waals surface area contributed by atoms with Crippen LogP contribution in [0.5, 0.6) is 5.75 Å². The standard InChI is InChI=1S/C48H57ClFN9O6/c1-28(2)59-36-8-6-31(20-30(36)21-39(46(59)64)65-26-42(61)51-5)53-35-22-40(52-23-34(35)49)56-16-12-29(13-17-56)24-55-18-14-48(15-19-55)27-58(47(48,3)4)37-9-7-32-33(43(37)50)25-57(45(32)63)38-10-11-41(60)54-44(38)62/h6-9,20-23,28-29,38H,10-19,24-27H2,1-5H3,(H,51,61)(H,52,53)(H,54,60,62). The number of ether oxygens (including phenoxy) is 1. The van der Waals surface area contributed by atoms with Crippen molar-refractivity contribution in [3.8, 4) is 5.75 Å². The Kier molecular flexibility index (Phi) is 11.8. The van der Waals surface area contributed by atoms with Gasteiger partial charge in [0.1, 0.15) is 11.9 Å². The van der Waals surface area contributed by atoms with Crippen LogP contribution in [0.3, 0.4) is 0 Å².